The Morgan fingerprint density at radius 2 is 2.47 bits per heavy atom. The number of ether oxygens (including phenoxy) is 1. The van der Waals surface area contributed by atoms with Gasteiger partial charge in [-0.25, -0.2) is 4.98 Å². The average molecular weight is 207 g/mol. The number of carbonyl (C=O) groups is 1. The maximum absolute atomic E-state index is 11.6. The van der Waals surface area contributed by atoms with Gasteiger partial charge in [-0.05, 0) is 25.0 Å². The highest BCUT2D eigenvalue weighted by atomic mass is 16.5. The Labute approximate surface area is 87.6 Å². The Kier molecular flexibility index (Phi) is 2.82. The molecule has 15 heavy (non-hydrogen) atoms. The normalized spacial score (nSPS) is 20.1. The third-order valence-corrected chi connectivity index (χ3v) is 2.28. The van der Waals surface area contributed by atoms with Gasteiger partial charge in [0.15, 0.2) is 0 Å². The number of nitrogens with two attached hydrogens (primary N) is 1. The lowest BCUT2D eigenvalue weighted by molar-refractivity contribution is -0.124. The SMILES string of the molecule is Nc1ccc(NC(=O)[C@H]2CCCO2)cn1. The molecule has 1 amide bonds. The number of hydrogen-bond acceptors (Lipinski definition) is 4. The summed E-state index contributed by atoms with van der Waals surface area (Å²) in [6.45, 7) is 0.665. The Morgan fingerprint density at radius 3 is 3.07 bits per heavy atom. The van der Waals surface area contributed by atoms with Crippen LogP contribution in [0, 0.1) is 0 Å². The zero-order valence-electron chi connectivity index (χ0n) is 8.27. The molecule has 1 saturated heterocycles. The van der Waals surface area contributed by atoms with Crippen molar-refractivity contribution in [3.8, 4) is 0 Å². The standard InChI is InChI=1S/C10H13N3O2/c11-9-4-3-7(6-12-9)13-10(14)8-2-1-5-15-8/h3-4,6,8H,1-2,5H2,(H2,11,12)(H,13,14)/t8-/m1/s1. The number of anilines is 2. The zero-order chi connectivity index (χ0) is 10.7. The van der Waals surface area contributed by atoms with Crippen LogP contribution in [0.5, 0.6) is 0 Å². The van der Waals surface area contributed by atoms with Gasteiger partial charge in [0.1, 0.15) is 11.9 Å². The number of carbonyl (C=O) groups excluding carboxylic acids is 1. The number of amides is 1. The number of pyridine rings is 1. The first-order valence-electron chi connectivity index (χ1n) is 4.90. The van der Waals surface area contributed by atoms with Gasteiger partial charge in [0.25, 0.3) is 5.91 Å². The number of nitrogens with zero attached hydrogens (tertiary/aromatic N) is 1. The van der Waals surface area contributed by atoms with Crippen LogP contribution in [-0.2, 0) is 9.53 Å². The molecule has 5 nitrogen and oxygen atoms in total. The third kappa shape index (κ3) is 2.44. The van der Waals surface area contributed by atoms with E-state index in [2.05, 4.69) is 10.3 Å². The first kappa shape index (κ1) is 9.92. The summed E-state index contributed by atoms with van der Waals surface area (Å²) >= 11 is 0. The molecule has 0 spiro atoms. The molecule has 1 atom stereocenters. The molecule has 2 heterocycles. The fourth-order valence-corrected chi connectivity index (χ4v) is 1.49. The van der Waals surface area contributed by atoms with E-state index in [1.807, 2.05) is 0 Å². The molecule has 1 fully saturated rings. The second kappa shape index (κ2) is 4.27. The summed E-state index contributed by atoms with van der Waals surface area (Å²) in [4.78, 5) is 15.5. The van der Waals surface area contributed by atoms with Crippen LogP contribution in [0.2, 0.25) is 0 Å². The minimum Gasteiger partial charge on any atom is -0.384 e. The highest BCUT2D eigenvalue weighted by Gasteiger charge is 2.23. The molecular formula is C10H13N3O2. The van der Waals surface area contributed by atoms with Crippen LogP contribution < -0.4 is 11.1 Å². The number of nitrogen functional groups attached to an aromatic ring is 1. The fraction of sp³-hybridized carbons (Fsp3) is 0.400. The van der Waals surface area contributed by atoms with Crippen molar-refractivity contribution in [1.29, 1.82) is 0 Å². The number of rotatable bonds is 2. The molecule has 80 valence electrons. The van der Waals surface area contributed by atoms with Crippen LogP contribution in [0.4, 0.5) is 11.5 Å². The van der Waals surface area contributed by atoms with Crippen molar-refractivity contribution in [2.75, 3.05) is 17.7 Å². The predicted octanol–water partition coefficient (Wildman–Crippen LogP) is 0.781. The van der Waals surface area contributed by atoms with E-state index in [0.717, 1.165) is 12.8 Å². The van der Waals surface area contributed by atoms with Gasteiger partial charge < -0.3 is 15.8 Å². The topological polar surface area (TPSA) is 77.2 Å². The monoisotopic (exact) mass is 207 g/mol. The van der Waals surface area contributed by atoms with Crippen molar-refractivity contribution in [2.45, 2.75) is 18.9 Å². The van der Waals surface area contributed by atoms with E-state index in [9.17, 15) is 4.79 Å². The van der Waals surface area contributed by atoms with E-state index in [4.69, 9.17) is 10.5 Å². The minimum atomic E-state index is -0.317. The van der Waals surface area contributed by atoms with Crippen LogP contribution in [0.15, 0.2) is 18.3 Å². The summed E-state index contributed by atoms with van der Waals surface area (Å²) in [6, 6.07) is 3.36. The van der Waals surface area contributed by atoms with Crippen LogP contribution in [0.3, 0.4) is 0 Å². The van der Waals surface area contributed by atoms with Crippen LogP contribution >= 0.6 is 0 Å². The van der Waals surface area contributed by atoms with E-state index < -0.39 is 0 Å². The maximum Gasteiger partial charge on any atom is 0.253 e. The summed E-state index contributed by atoms with van der Waals surface area (Å²) < 4.78 is 5.25. The van der Waals surface area contributed by atoms with Gasteiger partial charge in [-0.3, -0.25) is 4.79 Å². The molecule has 1 aliphatic rings. The molecule has 0 radical (unpaired) electrons. The van der Waals surface area contributed by atoms with Crippen molar-refractivity contribution >= 4 is 17.4 Å². The van der Waals surface area contributed by atoms with Gasteiger partial charge in [0.05, 0.1) is 11.9 Å². The summed E-state index contributed by atoms with van der Waals surface area (Å²) in [5.74, 6) is 0.323. The van der Waals surface area contributed by atoms with Crippen LogP contribution in [-0.4, -0.2) is 23.6 Å². The molecule has 5 heteroatoms. The van der Waals surface area contributed by atoms with E-state index in [1.165, 1.54) is 6.20 Å². The van der Waals surface area contributed by atoms with E-state index in [-0.39, 0.29) is 12.0 Å². The van der Waals surface area contributed by atoms with Crippen molar-refractivity contribution in [3.63, 3.8) is 0 Å². The highest BCUT2D eigenvalue weighted by Crippen LogP contribution is 2.14. The lowest BCUT2D eigenvalue weighted by Gasteiger charge is -2.09. The van der Waals surface area contributed by atoms with Crippen molar-refractivity contribution in [1.82, 2.24) is 4.98 Å². The quantitative estimate of drug-likeness (QED) is 0.751. The zero-order valence-corrected chi connectivity index (χ0v) is 8.27. The second-order valence-electron chi connectivity index (χ2n) is 3.46. The third-order valence-electron chi connectivity index (χ3n) is 2.28. The van der Waals surface area contributed by atoms with Gasteiger partial charge in [-0.1, -0.05) is 0 Å². The van der Waals surface area contributed by atoms with Crippen molar-refractivity contribution < 1.29 is 9.53 Å². The molecule has 0 aliphatic carbocycles. The van der Waals surface area contributed by atoms with Gasteiger partial charge in [0.2, 0.25) is 0 Å². The van der Waals surface area contributed by atoms with Crippen LogP contribution in [0.25, 0.3) is 0 Å². The largest absolute Gasteiger partial charge is 0.384 e. The first-order valence-corrected chi connectivity index (χ1v) is 4.90. The Balaban J connectivity index is 1.96. The molecule has 1 aromatic rings. The summed E-state index contributed by atoms with van der Waals surface area (Å²) in [5.41, 5.74) is 6.07. The van der Waals surface area contributed by atoms with Crippen molar-refractivity contribution in [2.24, 2.45) is 0 Å². The molecule has 1 aliphatic heterocycles. The number of nitrogens with one attached hydrogen (secondary N) is 1. The molecule has 2 rings (SSSR count). The molecule has 0 saturated carbocycles. The Bertz CT molecular complexity index is 344. The number of aromatic nitrogens is 1. The smallest absolute Gasteiger partial charge is 0.253 e. The lowest BCUT2D eigenvalue weighted by atomic mass is 10.2. The predicted molar refractivity (Wildman–Crippen MR) is 56.3 cm³/mol. The molecule has 3 N–H and O–H groups in total. The van der Waals surface area contributed by atoms with Gasteiger partial charge in [-0.2, -0.15) is 0 Å². The fourth-order valence-electron chi connectivity index (χ4n) is 1.49. The van der Waals surface area contributed by atoms with Gasteiger partial charge in [-0.15, -0.1) is 0 Å². The Hall–Kier alpha value is -1.62. The van der Waals surface area contributed by atoms with Gasteiger partial charge >= 0.3 is 0 Å². The summed E-state index contributed by atoms with van der Waals surface area (Å²) in [5, 5.41) is 2.73. The van der Waals surface area contributed by atoms with E-state index >= 15 is 0 Å². The van der Waals surface area contributed by atoms with Gasteiger partial charge in [0, 0.05) is 6.61 Å². The molecular weight excluding hydrogens is 194 g/mol. The van der Waals surface area contributed by atoms with Crippen molar-refractivity contribution in [3.05, 3.63) is 18.3 Å². The lowest BCUT2D eigenvalue weighted by Crippen LogP contribution is -2.26. The number of hydrogen-bond donors (Lipinski definition) is 2. The second-order valence-corrected chi connectivity index (χ2v) is 3.46. The molecule has 0 aromatic carbocycles. The first-order chi connectivity index (χ1) is 7.25. The van der Waals surface area contributed by atoms with E-state index in [1.54, 1.807) is 12.1 Å². The highest BCUT2D eigenvalue weighted by molar-refractivity contribution is 5.94. The molecule has 0 bridgehead atoms. The minimum absolute atomic E-state index is 0.112. The maximum atomic E-state index is 11.6. The van der Waals surface area contributed by atoms with E-state index in [0.29, 0.717) is 18.1 Å². The summed E-state index contributed by atoms with van der Waals surface area (Å²) in [7, 11) is 0. The Morgan fingerprint density at radius 1 is 1.60 bits per heavy atom. The molecule has 1 aromatic heterocycles. The summed E-state index contributed by atoms with van der Waals surface area (Å²) in [6.07, 6.45) is 2.94. The molecule has 0 unspecified atom stereocenters. The van der Waals surface area contributed by atoms with Crippen LogP contribution in [0.1, 0.15) is 12.8 Å². The average Bonchev–Trinajstić information content (AvgIpc) is 2.74.